The van der Waals surface area contributed by atoms with Crippen molar-refractivity contribution in [2.75, 3.05) is 49.4 Å². The van der Waals surface area contributed by atoms with Crippen molar-refractivity contribution in [2.24, 2.45) is 5.92 Å². The van der Waals surface area contributed by atoms with Crippen molar-refractivity contribution in [1.82, 2.24) is 26.6 Å². The van der Waals surface area contributed by atoms with Crippen LogP contribution in [0.2, 0.25) is 0 Å². The largest absolute Gasteiger partial charge is 0.464 e. The Morgan fingerprint density at radius 3 is 2.00 bits per heavy atom. The number of nitrogens with one attached hydrogen (secondary N) is 5. The van der Waals surface area contributed by atoms with E-state index in [2.05, 4.69) is 31.5 Å². The third-order valence-electron chi connectivity index (χ3n) is 8.32. The molecule has 0 radical (unpaired) electrons. The Hall–Kier alpha value is -3.29. The van der Waals surface area contributed by atoms with Gasteiger partial charge in [-0.2, -0.15) is 0 Å². The zero-order chi connectivity index (χ0) is 36.5. The van der Waals surface area contributed by atoms with Gasteiger partial charge in [0, 0.05) is 43.4 Å². The van der Waals surface area contributed by atoms with E-state index >= 15 is 0 Å². The first-order chi connectivity index (χ1) is 24.1. The van der Waals surface area contributed by atoms with Gasteiger partial charge in [0.2, 0.25) is 23.6 Å². The van der Waals surface area contributed by atoms with Gasteiger partial charge in [-0.25, -0.2) is 4.79 Å². The van der Waals surface area contributed by atoms with E-state index in [4.69, 9.17) is 27.9 Å². The molecule has 2 aromatic carbocycles. The van der Waals surface area contributed by atoms with Crippen LogP contribution < -0.4 is 31.5 Å². The molecule has 16 heteroatoms. The number of hydrogen-bond donors (Lipinski definition) is 5. The van der Waals surface area contributed by atoms with Gasteiger partial charge in [0.15, 0.2) is 0 Å². The predicted molar refractivity (Wildman–Crippen MR) is 210 cm³/mol. The summed E-state index contributed by atoms with van der Waals surface area (Å²) in [6.45, 7) is 7.04. The molecular weight excluding hydrogens is 754 g/mol. The van der Waals surface area contributed by atoms with Crippen molar-refractivity contribution in [3.63, 3.8) is 0 Å². The summed E-state index contributed by atoms with van der Waals surface area (Å²) in [5.74, 6) is -2.03. The van der Waals surface area contributed by atoms with Crippen LogP contribution in [-0.2, 0) is 41.6 Å². The molecule has 0 bridgehead atoms. The fourth-order valence-corrected chi connectivity index (χ4v) is 6.05. The van der Waals surface area contributed by atoms with Gasteiger partial charge in [-0.3, -0.25) is 19.2 Å². The van der Waals surface area contributed by atoms with Crippen molar-refractivity contribution >= 4 is 83.3 Å². The summed E-state index contributed by atoms with van der Waals surface area (Å²) < 4.78 is 5.31. The highest BCUT2D eigenvalue weighted by atomic mass is 35.5. The summed E-state index contributed by atoms with van der Waals surface area (Å²) in [6, 6.07) is 13.3. The summed E-state index contributed by atoms with van der Waals surface area (Å²) in [4.78, 5) is 67.9. The van der Waals surface area contributed by atoms with Crippen LogP contribution in [0.4, 0.5) is 5.69 Å². The second-order valence-electron chi connectivity index (χ2n) is 12.5. The first-order valence-corrected chi connectivity index (χ1v) is 18.2. The lowest BCUT2D eigenvalue weighted by molar-refractivity contribution is -0.147. The van der Waals surface area contributed by atoms with Crippen LogP contribution in [0.15, 0.2) is 54.6 Å². The Bertz CT molecular complexity index is 1390. The summed E-state index contributed by atoms with van der Waals surface area (Å²) in [5, 5.41) is 14.0. The molecule has 0 unspecified atom stereocenters. The molecule has 1 saturated heterocycles. The lowest BCUT2D eigenvalue weighted by Crippen LogP contribution is -2.58. The molecule has 0 aromatic heterocycles. The molecule has 4 amide bonds. The van der Waals surface area contributed by atoms with E-state index in [1.54, 1.807) is 20.8 Å². The van der Waals surface area contributed by atoms with Crippen molar-refractivity contribution < 1.29 is 28.7 Å². The molecular formula is C36H52Cl4N6O6. The van der Waals surface area contributed by atoms with Crippen molar-refractivity contribution in [1.29, 1.82) is 0 Å². The number of halogens is 4. The van der Waals surface area contributed by atoms with Crippen molar-refractivity contribution in [3.8, 4) is 0 Å². The van der Waals surface area contributed by atoms with Crippen LogP contribution >= 0.6 is 48.0 Å². The molecule has 1 aliphatic heterocycles. The fourth-order valence-electron chi connectivity index (χ4n) is 5.64. The van der Waals surface area contributed by atoms with Gasteiger partial charge >= 0.3 is 5.97 Å². The summed E-state index contributed by atoms with van der Waals surface area (Å²) in [6.07, 6.45) is 1.86. The smallest absolute Gasteiger partial charge is 0.328 e. The Kier molecular flexibility index (Phi) is 22.3. The van der Waals surface area contributed by atoms with Gasteiger partial charge in [0.05, 0.1) is 19.2 Å². The molecule has 5 N–H and O–H groups in total. The van der Waals surface area contributed by atoms with Crippen LogP contribution in [0, 0.1) is 5.92 Å². The summed E-state index contributed by atoms with van der Waals surface area (Å²) >= 11 is 11.9. The Morgan fingerprint density at radius 1 is 0.846 bits per heavy atom. The van der Waals surface area contributed by atoms with E-state index in [0.29, 0.717) is 31.3 Å². The van der Waals surface area contributed by atoms with Crippen LogP contribution in [0.3, 0.4) is 0 Å². The molecule has 4 atom stereocenters. The van der Waals surface area contributed by atoms with Crippen LogP contribution in [0.25, 0.3) is 0 Å². The number of alkyl halides is 2. The minimum absolute atomic E-state index is 0. The number of amides is 4. The second kappa shape index (κ2) is 24.9. The minimum Gasteiger partial charge on any atom is -0.464 e. The minimum atomic E-state index is -1.09. The summed E-state index contributed by atoms with van der Waals surface area (Å²) in [7, 11) is 0. The monoisotopic (exact) mass is 804 g/mol. The number of anilines is 1. The number of rotatable bonds is 20. The normalized spacial score (nSPS) is 15.2. The molecule has 0 aliphatic carbocycles. The average Bonchev–Trinajstić information content (AvgIpc) is 3.65. The second-order valence-corrected chi connectivity index (χ2v) is 13.2. The topological polar surface area (TPSA) is 158 Å². The van der Waals surface area contributed by atoms with E-state index in [1.807, 2.05) is 54.6 Å². The van der Waals surface area contributed by atoms with Crippen LogP contribution in [-0.4, -0.2) is 98.3 Å². The van der Waals surface area contributed by atoms with Gasteiger partial charge < -0.3 is 36.2 Å². The van der Waals surface area contributed by atoms with E-state index in [1.165, 1.54) is 0 Å². The number of ether oxygens (including phenoxy) is 1. The van der Waals surface area contributed by atoms with Crippen molar-refractivity contribution in [2.45, 2.75) is 70.6 Å². The Morgan fingerprint density at radius 2 is 1.44 bits per heavy atom. The lowest BCUT2D eigenvalue weighted by Gasteiger charge is -2.27. The van der Waals surface area contributed by atoms with Gasteiger partial charge in [0.25, 0.3) is 0 Å². The van der Waals surface area contributed by atoms with E-state index < -0.39 is 41.8 Å². The van der Waals surface area contributed by atoms with Gasteiger partial charge in [-0.05, 0) is 55.5 Å². The zero-order valence-electron chi connectivity index (χ0n) is 29.8. The third-order valence-corrected chi connectivity index (χ3v) is 8.66. The van der Waals surface area contributed by atoms with E-state index in [9.17, 15) is 24.0 Å². The molecule has 0 spiro atoms. The average molecular weight is 807 g/mol. The number of esters is 1. The molecule has 12 nitrogen and oxygen atoms in total. The van der Waals surface area contributed by atoms with Gasteiger partial charge in [0.1, 0.15) is 18.1 Å². The molecule has 52 heavy (non-hydrogen) atoms. The number of nitrogens with zero attached hydrogens (tertiary/aromatic N) is 1. The maximum absolute atomic E-state index is 13.9. The SMILES string of the molecule is CCOC(=O)[C@H](Cc1ccc(N(CCCl)CCCl)cc1)NC(=O)[C@H](Cc1ccccc1)NC(=O)[C@@H](NC(=O)CNC(=O)[C@@H]1CCCN1)C(C)C.Cl.Cl. The quantitative estimate of drug-likeness (QED) is 0.101. The van der Waals surface area contributed by atoms with Gasteiger partial charge in [-0.15, -0.1) is 48.0 Å². The highest BCUT2D eigenvalue weighted by Gasteiger charge is 2.32. The van der Waals surface area contributed by atoms with Gasteiger partial charge in [-0.1, -0.05) is 56.3 Å². The Balaban J connectivity index is 0.00000676. The number of hydrogen-bond acceptors (Lipinski definition) is 8. The van der Waals surface area contributed by atoms with Crippen molar-refractivity contribution in [3.05, 3.63) is 65.7 Å². The molecule has 1 aliphatic rings. The lowest BCUT2D eigenvalue weighted by atomic mass is 10.00. The van der Waals surface area contributed by atoms with Crippen LogP contribution in [0.1, 0.15) is 44.7 Å². The highest BCUT2D eigenvalue weighted by molar-refractivity contribution is 6.18. The molecule has 2 aromatic rings. The summed E-state index contributed by atoms with van der Waals surface area (Å²) in [5.41, 5.74) is 2.49. The third kappa shape index (κ3) is 15.4. The molecule has 1 fully saturated rings. The zero-order valence-corrected chi connectivity index (χ0v) is 33.0. The molecule has 1 heterocycles. The van der Waals surface area contributed by atoms with Crippen LogP contribution in [0.5, 0.6) is 0 Å². The first-order valence-electron chi connectivity index (χ1n) is 17.1. The molecule has 0 saturated carbocycles. The molecule has 290 valence electrons. The van der Waals surface area contributed by atoms with E-state index in [-0.39, 0.29) is 68.7 Å². The number of benzene rings is 2. The Labute approximate surface area is 329 Å². The predicted octanol–water partition coefficient (Wildman–Crippen LogP) is 3.14. The number of carbonyl (C=O) groups excluding carboxylic acids is 5. The first kappa shape index (κ1) is 46.7. The maximum atomic E-state index is 13.9. The van der Waals surface area contributed by atoms with E-state index in [0.717, 1.165) is 29.8 Å². The number of carbonyl (C=O) groups is 5. The standard InChI is InChI=1S/C36H50Cl2N6O6.2ClH/c1-4-50-36(49)30(22-26-12-14-27(15-13-26)44(19-16-37)20-17-38)42-34(47)29(21-25-9-6-5-7-10-25)41-35(48)32(24(2)3)43-31(45)23-40-33(46)28-11-8-18-39-28;;/h5-7,9-10,12-15,24,28-30,32,39H,4,8,11,16-23H2,1-3H3,(H,40,46)(H,41,48)(H,42,47)(H,43,45);2*1H/t28-,29-,30-,32-;;/m0../s1. The maximum Gasteiger partial charge on any atom is 0.328 e. The molecule has 3 rings (SSSR count). The fraction of sp³-hybridized carbons (Fsp3) is 0.528. The highest BCUT2D eigenvalue weighted by Crippen LogP contribution is 2.17.